The molecule has 0 radical (unpaired) electrons. The van der Waals surface area contributed by atoms with Gasteiger partial charge in [0.25, 0.3) is 5.91 Å². The average Bonchev–Trinajstić information content (AvgIpc) is 2.50. The quantitative estimate of drug-likeness (QED) is 0.881. The second-order valence-corrected chi connectivity index (χ2v) is 4.82. The first-order valence-electron chi connectivity index (χ1n) is 6.58. The molecule has 0 bridgehead atoms. The van der Waals surface area contributed by atoms with Crippen LogP contribution in [-0.4, -0.2) is 23.6 Å². The summed E-state index contributed by atoms with van der Waals surface area (Å²) in [7, 11) is 0. The monoisotopic (exact) mass is 319 g/mol. The fourth-order valence-electron chi connectivity index (χ4n) is 1.84. The van der Waals surface area contributed by atoms with Crippen molar-refractivity contribution in [1.82, 2.24) is 0 Å². The summed E-state index contributed by atoms with van der Waals surface area (Å²) in [6, 6.07) is 10.8. The van der Waals surface area contributed by atoms with Crippen molar-refractivity contribution in [3.05, 3.63) is 58.6 Å². The molecule has 0 saturated carbocycles. The largest absolute Gasteiger partial charge is 0.494 e. The standard InChI is InChI=1S/C16H14ClNO4/c1-2-22-12-5-3-4-10(8-12)15(19)18-14-9-11(16(20)21)6-7-13(14)17/h3-9H,2H2,1H3,(H,18,19)(H,20,21). The summed E-state index contributed by atoms with van der Waals surface area (Å²) in [4.78, 5) is 23.2. The van der Waals surface area contributed by atoms with Gasteiger partial charge in [0.2, 0.25) is 0 Å². The zero-order valence-electron chi connectivity index (χ0n) is 11.8. The van der Waals surface area contributed by atoms with E-state index in [2.05, 4.69) is 5.32 Å². The van der Waals surface area contributed by atoms with E-state index in [-0.39, 0.29) is 16.3 Å². The summed E-state index contributed by atoms with van der Waals surface area (Å²) in [6.07, 6.45) is 0. The summed E-state index contributed by atoms with van der Waals surface area (Å²) >= 11 is 5.98. The Morgan fingerprint density at radius 3 is 2.64 bits per heavy atom. The van der Waals surface area contributed by atoms with E-state index in [1.165, 1.54) is 18.2 Å². The maximum absolute atomic E-state index is 12.2. The van der Waals surface area contributed by atoms with Gasteiger partial charge in [-0.1, -0.05) is 17.7 Å². The molecule has 0 atom stereocenters. The Balaban J connectivity index is 2.23. The lowest BCUT2D eigenvalue weighted by Gasteiger charge is -2.09. The van der Waals surface area contributed by atoms with Gasteiger partial charge in [0.15, 0.2) is 0 Å². The number of hydrogen-bond acceptors (Lipinski definition) is 3. The molecule has 2 aromatic rings. The van der Waals surface area contributed by atoms with Gasteiger partial charge in [0.1, 0.15) is 5.75 Å². The highest BCUT2D eigenvalue weighted by Crippen LogP contribution is 2.24. The number of carbonyl (C=O) groups excluding carboxylic acids is 1. The van der Waals surface area contributed by atoms with E-state index < -0.39 is 11.9 Å². The lowest BCUT2D eigenvalue weighted by atomic mass is 10.1. The van der Waals surface area contributed by atoms with E-state index in [1.807, 2.05) is 6.92 Å². The van der Waals surface area contributed by atoms with E-state index in [9.17, 15) is 9.59 Å². The SMILES string of the molecule is CCOc1cccc(C(=O)Nc2cc(C(=O)O)ccc2Cl)c1. The van der Waals surface area contributed by atoms with Crippen LogP contribution >= 0.6 is 11.6 Å². The molecular formula is C16H14ClNO4. The van der Waals surface area contributed by atoms with Gasteiger partial charge < -0.3 is 15.2 Å². The van der Waals surface area contributed by atoms with Crippen molar-refractivity contribution in [3.8, 4) is 5.75 Å². The maximum Gasteiger partial charge on any atom is 0.335 e. The van der Waals surface area contributed by atoms with Crippen molar-refractivity contribution in [2.75, 3.05) is 11.9 Å². The Bertz CT molecular complexity index is 715. The Labute approximate surface area is 132 Å². The molecule has 0 saturated heterocycles. The molecular weight excluding hydrogens is 306 g/mol. The highest BCUT2D eigenvalue weighted by molar-refractivity contribution is 6.34. The van der Waals surface area contributed by atoms with Crippen LogP contribution in [0.2, 0.25) is 5.02 Å². The van der Waals surface area contributed by atoms with Crippen LogP contribution in [0.4, 0.5) is 5.69 Å². The topological polar surface area (TPSA) is 75.6 Å². The van der Waals surface area contributed by atoms with Gasteiger partial charge in [-0.3, -0.25) is 4.79 Å². The van der Waals surface area contributed by atoms with Crippen LogP contribution in [0.25, 0.3) is 0 Å². The van der Waals surface area contributed by atoms with Gasteiger partial charge >= 0.3 is 5.97 Å². The van der Waals surface area contributed by atoms with E-state index in [1.54, 1.807) is 24.3 Å². The number of halogens is 1. The van der Waals surface area contributed by atoms with Crippen LogP contribution < -0.4 is 10.1 Å². The molecule has 0 spiro atoms. The third-order valence-electron chi connectivity index (χ3n) is 2.87. The fraction of sp³-hybridized carbons (Fsp3) is 0.125. The summed E-state index contributed by atoms with van der Waals surface area (Å²) in [5, 5.41) is 11.8. The van der Waals surface area contributed by atoms with Gasteiger partial charge in [0, 0.05) is 5.56 Å². The summed E-state index contributed by atoms with van der Waals surface area (Å²) < 4.78 is 5.34. The van der Waals surface area contributed by atoms with E-state index >= 15 is 0 Å². The number of carboxylic acids is 1. The minimum absolute atomic E-state index is 0.0442. The number of amides is 1. The summed E-state index contributed by atoms with van der Waals surface area (Å²) in [5.74, 6) is -0.906. The number of carbonyl (C=O) groups is 2. The predicted molar refractivity (Wildman–Crippen MR) is 84.0 cm³/mol. The third-order valence-corrected chi connectivity index (χ3v) is 3.20. The van der Waals surface area contributed by atoms with Gasteiger partial charge in [0.05, 0.1) is 22.9 Å². The molecule has 0 heterocycles. The summed E-state index contributed by atoms with van der Waals surface area (Å²) in [5.41, 5.74) is 0.680. The molecule has 0 fully saturated rings. The number of aromatic carboxylic acids is 1. The lowest BCUT2D eigenvalue weighted by Crippen LogP contribution is -2.13. The number of hydrogen-bond donors (Lipinski definition) is 2. The highest BCUT2D eigenvalue weighted by Gasteiger charge is 2.12. The number of ether oxygens (including phenoxy) is 1. The summed E-state index contributed by atoms with van der Waals surface area (Å²) in [6.45, 7) is 2.35. The van der Waals surface area contributed by atoms with Crippen molar-refractivity contribution in [3.63, 3.8) is 0 Å². The van der Waals surface area contributed by atoms with Crippen molar-refractivity contribution < 1.29 is 19.4 Å². The Morgan fingerprint density at radius 1 is 1.18 bits per heavy atom. The van der Waals surface area contributed by atoms with Gasteiger partial charge in [-0.25, -0.2) is 4.79 Å². The molecule has 2 rings (SSSR count). The minimum atomic E-state index is -1.09. The van der Waals surface area contributed by atoms with Crippen LogP contribution in [0.1, 0.15) is 27.6 Å². The second-order valence-electron chi connectivity index (χ2n) is 4.41. The molecule has 2 N–H and O–H groups in total. The van der Waals surface area contributed by atoms with Crippen LogP contribution in [0.3, 0.4) is 0 Å². The average molecular weight is 320 g/mol. The van der Waals surface area contributed by atoms with E-state index in [0.29, 0.717) is 17.9 Å². The van der Waals surface area contributed by atoms with E-state index in [4.69, 9.17) is 21.4 Å². The number of rotatable bonds is 5. The van der Waals surface area contributed by atoms with Crippen molar-refractivity contribution >= 4 is 29.2 Å². The number of nitrogens with one attached hydrogen (secondary N) is 1. The zero-order valence-corrected chi connectivity index (χ0v) is 12.6. The van der Waals surface area contributed by atoms with Gasteiger partial charge in [-0.05, 0) is 43.3 Å². The highest BCUT2D eigenvalue weighted by atomic mass is 35.5. The van der Waals surface area contributed by atoms with Crippen LogP contribution in [0, 0.1) is 0 Å². The first-order chi connectivity index (χ1) is 10.5. The Morgan fingerprint density at radius 2 is 1.95 bits per heavy atom. The third kappa shape index (κ3) is 3.77. The van der Waals surface area contributed by atoms with Crippen LogP contribution in [0.15, 0.2) is 42.5 Å². The van der Waals surface area contributed by atoms with Gasteiger partial charge in [-0.15, -0.1) is 0 Å². The van der Waals surface area contributed by atoms with Crippen LogP contribution in [-0.2, 0) is 0 Å². The van der Waals surface area contributed by atoms with E-state index in [0.717, 1.165) is 0 Å². The van der Waals surface area contributed by atoms with Crippen molar-refractivity contribution in [1.29, 1.82) is 0 Å². The number of benzene rings is 2. The second kappa shape index (κ2) is 6.95. The normalized spacial score (nSPS) is 10.1. The van der Waals surface area contributed by atoms with Crippen molar-refractivity contribution in [2.24, 2.45) is 0 Å². The Kier molecular flexibility index (Phi) is 5.01. The maximum atomic E-state index is 12.2. The fourth-order valence-corrected chi connectivity index (χ4v) is 2.01. The van der Waals surface area contributed by atoms with Crippen molar-refractivity contribution in [2.45, 2.75) is 6.92 Å². The Hall–Kier alpha value is -2.53. The zero-order chi connectivity index (χ0) is 16.1. The molecule has 22 heavy (non-hydrogen) atoms. The predicted octanol–water partition coefficient (Wildman–Crippen LogP) is 3.69. The first kappa shape index (κ1) is 15.9. The molecule has 6 heteroatoms. The molecule has 0 aromatic heterocycles. The van der Waals surface area contributed by atoms with Crippen LogP contribution in [0.5, 0.6) is 5.75 Å². The molecule has 114 valence electrons. The molecule has 0 unspecified atom stereocenters. The van der Waals surface area contributed by atoms with Gasteiger partial charge in [-0.2, -0.15) is 0 Å². The molecule has 5 nitrogen and oxygen atoms in total. The first-order valence-corrected chi connectivity index (χ1v) is 6.96. The smallest absolute Gasteiger partial charge is 0.335 e. The molecule has 0 aliphatic heterocycles. The lowest BCUT2D eigenvalue weighted by molar-refractivity contribution is 0.0696. The minimum Gasteiger partial charge on any atom is -0.494 e. The number of anilines is 1. The molecule has 1 amide bonds. The molecule has 2 aromatic carbocycles. The number of carboxylic acid groups (broad SMARTS) is 1. The molecule has 0 aliphatic carbocycles. The molecule has 0 aliphatic rings.